The van der Waals surface area contributed by atoms with Crippen LogP contribution in [0.5, 0.6) is 0 Å². The van der Waals surface area contributed by atoms with Gasteiger partial charge in [0.05, 0.1) is 6.04 Å². The number of hydrogen-bond donors (Lipinski definition) is 2. The van der Waals surface area contributed by atoms with Gasteiger partial charge in [0.2, 0.25) is 0 Å². The molecule has 1 rings (SSSR count). The maximum Gasteiger partial charge on any atom is 0.326 e. The van der Waals surface area contributed by atoms with Gasteiger partial charge in [0.1, 0.15) is 0 Å². The molecule has 2 amide bonds. The van der Waals surface area contributed by atoms with Gasteiger partial charge in [-0.15, -0.1) is 0 Å². The van der Waals surface area contributed by atoms with E-state index in [0.717, 1.165) is 24.4 Å². The first-order valence-corrected chi connectivity index (χ1v) is 5.79. The highest BCUT2D eigenvalue weighted by Crippen LogP contribution is 2.21. The second-order valence-electron chi connectivity index (χ2n) is 5.37. The molecule has 0 radical (unpaired) electrons. The van der Waals surface area contributed by atoms with Crippen LogP contribution in [-0.2, 0) is 9.59 Å². The molecule has 6 heteroatoms. The third-order valence-electron chi connectivity index (χ3n) is 3.04. The minimum atomic E-state index is -0.641. The fourth-order valence-corrected chi connectivity index (χ4v) is 2.05. The molecule has 0 spiro atoms. The number of nitrogens with zero attached hydrogens (tertiary/aromatic N) is 2. The summed E-state index contributed by atoms with van der Waals surface area (Å²) in [6.07, 6.45) is 1.52. The minimum absolute atomic E-state index is 0.0536. The molecule has 98 valence electrons. The van der Waals surface area contributed by atoms with Crippen molar-refractivity contribution in [3.8, 4) is 0 Å². The van der Waals surface area contributed by atoms with E-state index in [1.165, 1.54) is 4.90 Å². The molecule has 0 bridgehead atoms. The van der Waals surface area contributed by atoms with Crippen molar-refractivity contribution in [1.82, 2.24) is 15.2 Å². The van der Waals surface area contributed by atoms with Crippen LogP contribution in [0.2, 0.25) is 0 Å². The molecular weight excluding hydrogens is 220 g/mol. The Morgan fingerprint density at radius 2 is 1.88 bits per heavy atom. The number of nitrogens with two attached hydrogens (primary N) is 1. The molecule has 0 aromatic heterocycles. The van der Waals surface area contributed by atoms with Crippen molar-refractivity contribution in [1.29, 1.82) is 0 Å². The van der Waals surface area contributed by atoms with Gasteiger partial charge in [-0.1, -0.05) is 0 Å². The van der Waals surface area contributed by atoms with Crippen LogP contribution in [-0.4, -0.2) is 53.9 Å². The van der Waals surface area contributed by atoms with Crippen molar-refractivity contribution in [2.24, 2.45) is 5.84 Å². The second-order valence-corrected chi connectivity index (χ2v) is 5.37. The average Bonchev–Trinajstić information content (AvgIpc) is 2.24. The summed E-state index contributed by atoms with van der Waals surface area (Å²) in [6.45, 7) is 4.92. The Labute approximate surface area is 102 Å². The number of carbonyl (C=O) groups excluding carboxylic acids is 2. The van der Waals surface area contributed by atoms with Gasteiger partial charge in [0.25, 0.3) is 0 Å². The van der Waals surface area contributed by atoms with Crippen LogP contribution in [0.3, 0.4) is 0 Å². The van der Waals surface area contributed by atoms with Crippen molar-refractivity contribution in [3.05, 3.63) is 0 Å². The van der Waals surface area contributed by atoms with Crippen LogP contribution < -0.4 is 11.2 Å². The Hall–Kier alpha value is -1.14. The Bertz CT molecular complexity index is 315. The number of hydrazine groups is 1. The number of nitrogens with one attached hydrogen (secondary N) is 1. The van der Waals surface area contributed by atoms with Gasteiger partial charge in [-0.3, -0.25) is 14.6 Å². The van der Waals surface area contributed by atoms with Crippen molar-refractivity contribution >= 4 is 11.8 Å². The lowest BCUT2D eigenvalue weighted by molar-refractivity contribution is -0.152. The predicted octanol–water partition coefficient (Wildman–Crippen LogP) is -0.692. The van der Waals surface area contributed by atoms with Crippen molar-refractivity contribution in [2.45, 2.75) is 38.3 Å². The van der Waals surface area contributed by atoms with Crippen LogP contribution in [0.4, 0.5) is 0 Å². The minimum Gasteiger partial charge on any atom is -0.341 e. The van der Waals surface area contributed by atoms with Crippen LogP contribution in [0.15, 0.2) is 0 Å². The largest absolute Gasteiger partial charge is 0.341 e. The van der Waals surface area contributed by atoms with Gasteiger partial charge in [-0.05, 0) is 33.2 Å². The lowest BCUT2D eigenvalue weighted by Crippen LogP contribution is -2.58. The topological polar surface area (TPSA) is 78.7 Å². The number of amides is 2. The summed E-state index contributed by atoms with van der Waals surface area (Å²) in [7, 11) is 3.08. The van der Waals surface area contributed by atoms with Gasteiger partial charge in [0.15, 0.2) is 0 Å². The van der Waals surface area contributed by atoms with E-state index >= 15 is 0 Å². The molecule has 0 aliphatic carbocycles. The zero-order valence-corrected chi connectivity index (χ0v) is 11.0. The molecule has 0 aromatic rings. The molecule has 0 saturated carbocycles. The maximum absolute atomic E-state index is 11.8. The lowest BCUT2D eigenvalue weighted by atomic mass is 9.89. The SMILES string of the molecule is CN(C)C(=O)C(=O)N(N)C1CCNC(C)(C)C1. The van der Waals surface area contributed by atoms with Crippen molar-refractivity contribution < 1.29 is 9.59 Å². The zero-order valence-electron chi connectivity index (χ0n) is 11.0. The third kappa shape index (κ3) is 3.41. The molecule has 1 aliphatic heterocycles. The fraction of sp³-hybridized carbons (Fsp3) is 0.818. The summed E-state index contributed by atoms with van der Waals surface area (Å²) in [6, 6.07) is -0.0809. The van der Waals surface area contributed by atoms with Crippen LogP contribution in [0.1, 0.15) is 26.7 Å². The normalized spacial score (nSPS) is 23.0. The molecule has 1 atom stereocenters. The first-order chi connectivity index (χ1) is 7.74. The summed E-state index contributed by atoms with van der Waals surface area (Å²) in [4.78, 5) is 24.6. The standard InChI is InChI=1S/C11H22N4O2/c1-11(2)7-8(5-6-13-11)15(12)10(17)9(16)14(3)4/h8,13H,5-7,12H2,1-4H3. The smallest absolute Gasteiger partial charge is 0.326 e. The summed E-state index contributed by atoms with van der Waals surface area (Å²) >= 11 is 0. The molecule has 1 fully saturated rings. The van der Waals surface area contributed by atoms with E-state index in [-0.39, 0.29) is 11.6 Å². The van der Waals surface area contributed by atoms with Crippen LogP contribution in [0.25, 0.3) is 0 Å². The molecule has 0 aromatic carbocycles. The Balaban J connectivity index is 2.66. The average molecular weight is 242 g/mol. The number of hydrogen-bond acceptors (Lipinski definition) is 4. The van der Waals surface area contributed by atoms with E-state index in [0.29, 0.717) is 0 Å². The molecule has 1 heterocycles. The van der Waals surface area contributed by atoms with E-state index < -0.39 is 11.8 Å². The molecule has 3 N–H and O–H groups in total. The first kappa shape index (κ1) is 13.9. The highest BCUT2D eigenvalue weighted by atomic mass is 16.2. The fourth-order valence-electron chi connectivity index (χ4n) is 2.05. The maximum atomic E-state index is 11.8. The van der Waals surface area contributed by atoms with Crippen molar-refractivity contribution in [3.63, 3.8) is 0 Å². The Kier molecular flexibility index (Phi) is 4.11. The van der Waals surface area contributed by atoms with Gasteiger partial charge in [-0.25, -0.2) is 5.84 Å². The summed E-state index contributed by atoms with van der Waals surface area (Å²) in [5.74, 6) is 4.54. The molecule has 1 saturated heterocycles. The summed E-state index contributed by atoms with van der Waals surface area (Å²) < 4.78 is 0. The van der Waals surface area contributed by atoms with Gasteiger partial charge in [0, 0.05) is 19.6 Å². The quantitative estimate of drug-likeness (QED) is 0.276. The third-order valence-corrected chi connectivity index (χ3v) is 3.04. The zero-order chi connectivity index (χ0) is 13.2. The number of likely N-dealkylation sites (N-methyl/N-ethyl adjacent to an activating group) is 1. The first-order valence-electron chi connectivity index (χ1n) is 5.79. The Morgan fingerprint density at radius 1 is 1.29 bits per heavy atom. The molecule has 17 heavy (non-hydrogen) atoms. The molecule has 1 aliphatic rings. The number of carbonyl (C=O) groups is 2. The number of rotatable bonds is 1. The summed E-state index contributed by atoms with van der Waals surface area (Å²) in [5.41, 5.74) is -0.0536. The number of piperidine rings is 1. The van der Waals surface area contributed by atoms with E-state index in [4.69, 9.17) is 5.84 Å². The van der Waals surface area contributed by atoms with E-state index in [2.05, 4.69) is 19.2 Å². The van der Waals surface area contributed by atoms with Crippen LogP contribution in [0, 0.1) is 0 Å². The van der Waals surface area contributed by atoms with Gasteiger partial charge >= 0.3 is 11.8 Å². The van der Waals surface area contributed by atoms with E-state index in [1.807, 2.05) is 0 Å². The second kappa shape index (κ2) is 5.01. The van der Waals surface area contributed by atoms with Gasteiger partial charge in [-0.2, -0.15) is 0 Å². The highest BCUT2D eigenvalue weighted by Gasteiger charge is 2.34. The van der Waals surface area contributed by atoms with Crippen molar-refractivity contribution in [2.75, 3.05) is 20.6 Å². The van der Waals surface area contributed by atoms with Crippen LogP contribution >= 0.6 is 0 Å². The van der Waals surface area contributed by atoms with E-state index in [9.17, 15) is 9.59 Å². The molecular formula is C11H22N4O2. The lowest BCUT2D eigenvalue weighted by Gasteiger charge is -2.40. The molecule has 1 unspecified atom stereocenters. The van der Waals surface area contributed by atoms with E-state index in [1.54, 1.807) is 14.1 Å². The van der Waals surface area contributed by atoms with Gasteiger partial charge < -0.3 is 10.2 Å². The Morgan fingerprint density at radius 3 is 2.35 bits per heavy atom. The predicted molar refractivity (Wildman–Crippen MR) is 64.8 cm³/mol. The monoisotopic (exact) mass is 242 g/mol. The highest BCUT2D eigenvalue weighted by molar-refractivity contribution is 6.34. The molecule has 6 nitrogen and oxygen atoms in total. The summed E-state index contributed by atoms with van der Waals surface area (Å²) in [5, 5.41) is 4.43.